The minimum Gasteiger partial charge on any atom is -0.378 e. The molecule has 1 nitrogen and oxygen atoms in total. The van der Waals surface area contributed by atoms with Gasteiger partial charge in [-0.1, -0.05) is 46.6 Å². The summed E-state index contributed by atoms with van der Waals surface area (Å²) in [5, 5.41) is 0. The summed E-state index contributed by atoms with van der Waals surface area (Å²) in [5.41, 5.74) is 1.31. The normalized spacial score (nSPS) is 10.7. The third kappa shape index (κ3) is 8.53. The summed E-state index contributed by atoms with van der Waals surface area (Å²) < 4.78 is 0. The van der Waals surface area contributed by atoms with Crippen LogP contribution in [0.5, 0.6) is 0 Å². The van der Waals surface area contributed by atoms with Crippen LogP contribution in [0, 0.1) is 5.92 Å². The van der Waals surface area contributed by atoms with E-state index in [4.69, 9.17) is 0 Å². The van der Waals surface area contributed by atoms with Gasteiger partial charge in [0.2, 0.25) is 0 Å². The monoisotopic (exact) mass is 211 g/mol. The number of hydrogen-bond donors (Lipinski definition) is 0. The van der Waals surface area contributed by atoms with Gasteiger partial charge in [-0.25, -0.2) is 0 Å². The van der Waals surface area contributed by atoms with Crippen molar-refractivity contribution in [2.75, 3.05) is 13.6 Å². The van der Waals surface area contributed by atoms with Crippen LogP contribution in [0.3, 0.4) is 0 Å². The zero-order chi connectivity index (χ0) is 11.7. The van der Waals surface area contributed by atoms with Gasteiger partial charge in [0.05, 0.1) is 0 Å². The molecule has 0 fully saturated rings. The fourth-order valence-corrected chi connectivity index (χ4v) is 1.56. The van der Waals surface area contributed by atoms with Crippen molar-refractivity contribution in [2.45, 2.75) is 59.3 Å². The van der Waals surface area contributed by atoms with Crippen LogP contribution >= 0.6 is 0 Å². The van der Waals surface area contributed by atoms with E-state index in [9.17, 15) is 0 Å². The van der Waals surface area contributed by atoms with Crippen LogP contribution in [-0.2, 0) is 0 Å². The Hall–Kier alpha value is -0.460. The minimum atomic E-state index is 0.792. The van der Waals surface area contributed by atoms with E-state index < -0.39 is 0 Å². The van der Waals surface area contributed by atoms with Crippen LogP contribution in [0.4, 0.5) is 0 Å². The molecule has 0 aliphatic heterocycles. The number of hydrogen-bond acceptors (Lipinski definition) is 1. The summed E-state index contributed by atoms with van der Waals surface area (Å²) in [7, 11) is 2.17. The average Bonchev–Trinajstić information content (AvgIpc) is 2.20. The summed E-state index contributed by atoms with van der Waals surface area (Å²) >= 11 is 0. The Morgan fingerprint density at radius 2 is 1.87 bits per heavy atom. The summed E-state index contributed by atoms with van der Waals surface area (Å²) in [5.74, 6) is 0.792. The molecule has 0 aromatic rings. The maximum atomic E-state index is 4.16. The lowest BCUT2D eigenvalue weighted by Gasteiger charge is -2.22. The van der Waals surface area contributed by atoms with Crippen LogP contribution in [0.1, 0.15) is 59.3 Å². The molecule has 0 N–H and O–H groups in total. The maximum Gasteiger partial charge on any atom is 0.0174 e. The predicted octanol–water partition coefficient (Wildman–Crippen LogP) is 4.45. The number of nitrogens with zero attached hydrogens (tertiary/aromatic N) is 1. The van der Waals surface area contributed by atoms with Crippen LogP contribution in [0.2, 0.25) is 0 Å². The molecule has 0 atom stereocenters. The first-order valence-corrected chi connectivity index (χ1v) is 6.46. The van der Waals surface area contributed by atoms with Gasteiger partial charge in [0.1, 0.15) is 0 Å². The maximum absolute atomic E-state index is 4.16. The zero-order valence-electron chi connectivity index (χ0n) is 11.2. The second-order valence-electron chi connectivity index (χ2n) is 4.98. The minimum absolute atomic E-state index is 0.792. The topological polar surface area (TPSA) is 3.24 Å². The number of unbranched alkanes of at least 4 members (excludes halogenated alkanes) is 3. The van der Waals surface area contributed by atoms with Gasteiger partial charge in [-0.05, 0) is 25.2 Å². The number of allylic oxidation sites excluding steroid dienone is 1. The van der Waals surface area contributed by atoms with E-state index in [0.717, 1.165) is 12.5 Å². The van der Waals surface area contributed by atoms with Gasteiger partial charge in [0.25, 0.3) is 0 Å². The smallest absolute Gasteiger partial charge is 0.0174 e. The highest BCUT2D eigenvalue weighted by Gasteiger charge is 2.03. The Balaban J connectivity index is 3.51. The SMILES string of the molecule is C=C(CCCCCC)N(C)CCC(C)C. The summed E-state index contributed by atoms with van der Waals surface area (Å²) in [4.78, 5) is 2.33. The fraction of sp³-hybridized carbons (Fsp3) is 0.857. The van der Waals surface area contributed by atoms with Gasteiger partial charge in [-0.2, -0.15) is 0 Å². The summed E-state index contributed by atoms with van der Waals surface area (Å²) in [6, 6.07) is 0. The average molecular weight is 211 g/mol. The Morgan fingerprint density at radius 3 is 2.40 bits per heavy atom. The summed E-state index contributed by atoms with van der Waals surface area (Å²) in [6.45, 7) is 12.1. The molecule has 0 aliphatic carbocycles. The van der Waals surface area contributed by atoms with E-state index >= 15 is 0 Å². The van der Waals surface area contributed by atoms with Gasteiger partial charge in [0.15, 0.2) is 0 Å². The highest BCUT2D eigenvalue weighted by molar-refractivity contribution is 4.91. The van der Waals surface area contributed by atoms with Crippen LogP contribution in [0.15, 0.2) is 12.3 Å². The van der Waals surface area contributed by atoms with Crippen molar-refractivity contribution in [1.29, 1.82) is 0 Å². The highest BCUT2D eigenvalue weighted by Crippen LogP contribution is 2.12. The lowest BCUT2D eigenvalue weighted by molar-refractivity contribution is 0.363. The molecular formula is C14H29N. The molecule has 0 aromatic heterocycles. The summed E-state index contributed by atoms with van der Waals surface area (Å²) in [6.07, 6.45) is 7.78. The Morgan fingerprint density at radius 1 is 1.20 bits per heavy atom. The van der Waals surface area contributed by atoms with Gasteiger partial charge in [0, 0.05) is 19.3 Å². The first kappa shape index (κ1) is 14.5. The van der Waals surface area contributed by atoms with E-state index in [1.165, 1.54) is 44.2 Å². The fourth-order valence-electron chi connectivity index (χ4n) is 1.56. The molecule has 0 heterocycles. The molecule has 90 valence electrons. The van der Waals surface area contributed by atoms with Gasteiger partial charge in [-0.15, -0.1) is 0 Å². The van der Waals surface area contributed by atoms with Crippen LogP contribution in [-0.4, -0.2) is 18.5 Å². The predicted molar refractivity (Wildman–Crippen MR) is 70.0 cm³/mol. The van der Waals surface area contributed by atoms with Gasteiger partial charge >= 0.3 is 0 Å². The molecule has 0 radical (unpaired) electrons. The van der Waals surface area contributed by atoms with Crippen LogP contribution in [0.25, 0.3) is 0 Å². The first-order valence-electron chi connectivity index (χ1n) is 6.46. The molecule has 0 rings (SSSR count). The van der Waals surface area contributed by atoms with E-state index in [1.807, 2.05) is 0 Å². The molecule has 15 heavy (non-hydrogen) atoms. The van der Waals surface area contributed by atoms with Crippen molar-refractivity contribution in [3.05, 3.63) is 12.3 Å². The molecule has 0 aliphatic rings. The Labute approximate surface area is 96.6 Å². The van der Waals surface area contributed by atoms with E-state index in [2.05, 4.69) is 39.3 Å². The molecule has 0 saturated heterocycles. The second kappa shape index (κ2) is 8.82. The molecule has 0 unspecified atom stereocenters. The van der Waals surface area contributed by atoms with Crippen molar-refractivity contribution in [3.8, 4) is 0 Å². The first-order chi connectivity index (χ1) is 7.07. The van der Waals surface area contributed by atoms with Crippen molar-refractivity contribution < 1.29 is 0 Å². The Bertz CT molecular complexity index is 161. The molecule has 0 spiro atoms. The lowest BCUT2D eigenvalue weighted by atomic mass is 10.1. The largest absolute Gasteiger partial charge is 0.378 e. The van der Waals surface area contributed by atoms with Gasteiger partial charge < -0.3 is 4.90 Å². The second-order valence-corrected chi connectivity index (χ2v) is 4.98. The van der Waals surface area contributed by atoms with Crippen molar-refractivity contribution in [3.63, 3.8) is 0 Å². The number of rotatable bonds is 9. The molecule has 0 aromatic carbocycles. The molecule has 0 bridgehead atoms. The van der Waals surface area contributed by atoms with E-state index in [-0.39, 0.29) is 0 Å². The molecule has 1 heteroatoms. The van der Waals surface area contributed by atoms with Crippen LogP contribution < -0.4 is 0 Å². The lowest BCUT2D eigenvalue weighted by Crippen LogP contribution is -2.19. The standard InChI is InChI=1S/C14H29N/c1-6-7-8-9-10-14(4)15(5)12-11-13(2)3/h13H,4,6-12H2,1-3,5H3. The molecular weight excluding hydrogens is 182 g/mol. The third-order valence-corrected chi connectivity index (χ3v) is 2.90. The van der Waals surface area contributed by atoms with Crippen molar-refractivity contribution >= 4 is 0 Å². The quantitative estimate of drug-likeness (QED) is 0.509. The van der Waals surface area contributed by atoms with E-state index in [0.29, 0.717) is 0 Å². The van der Waals surface area contributed by atoms with Gasteiger partial charge in [-0.3, -0.25) is 0 Å². The zero-order valence-corrected chi connectivity index (χ0v) is 11.2. The molecule has 0 amide bonds. The van der Waals surface area contributed by atoms with Crippen molar-refractivity contribution in [2.24, 2.45) is 5.92 Å². The third-order valence-electron chi connectivity index (χ3n) is 2.90. The molecule has 0 saturated carbocycles. The van der Waals surface area contributed by atoms with E-state index in [1.54, 1.807) is 0 Å². The Kier molecular flexibility index (Phi) is 8.55. The highest BCUT2D eigenvalue weighted by atomic mass is 15.1. The van der Waals surface area contributed by atoms with Crippen molar-refractivity contribution in [1.82, 2.24) is 4.90 Å².